The summed E-state index contributed by atoms with van der Waals surface area (Å²) < 4.78 is 17.8. The van der Waals surface area contributed by atoms with Crippen molar-refractivity contribution in [2.75, 3.05) is 0 Å². The minimum atomic E-state index is -0.606. The van der Waals surface area contributed by atoms with E-state index >= 15 is 0 Å². The third kappa shape index (κ3) is 3.31. The fraction of sp³-hybridized carbons (Fsp3) is 0.133. The van der Waals surface area contributed by atoms with Gasteiger partial charge in [0.25, 0.3) is 0 Å². The maximum Gasteiger partial charge on any atom is 0.342 e. The summed E-state index contributed by atoms with van der Waals surface area (Å²) >= 11 is 0. The summed E-state index contributed by atoms with van der Waals surface area (Å²) in [7, 11) is 0. The van der Waals surface area contributed by atoms with Gasteiger partial charge in [-0.3, -0.25) is 0 Å². The molecule has 0 amide bonds. The van der Waals surface area contributed by atoms with Crippen LogP contribution >= 0.6 is 0 Å². The highest BCUT2D eigenvalue weighted by Gasteiger charge is 2.12. The Hall–Kier alpha value is -2.36. The van der Waals surface area contributed by atoms with Crippen molar-refractivity contribution in [2.45, 2.75) is 13.5 Å². The molecule has 2 aromatic carbocycles. The van der Waals surface area contributed by atoms with Crippen LogP contribution in [0.5, 0.6) is 5.75 Å². The van der Waals surface area contributed by atoms with E-state index in [4.69, 9.17) is 4.74 Å². The Balaban J connectivity index is 2.05. The molecule has 2 rings (SSSR count). The van der Waals surface area contributed by atoms with Crippen molar-refractivity contribution in [3.8, 4) is 5.75 Å². The number of phenolic OH excluding ortho intramolecular Hbond substituents is 1. The zero-order chi connectivity index (χ0) is 13.8. The van der Waals surface area contributed by atoms with E-state index < -0.39 is 5.97 Å². The first-order chi connectivity index (χ1) is 9.06. The van der Waals surface area contributed by atoms with Crippen molar-refractivity contribution in [1.82, 2.24) is 0 Å². The van der Waals surface area contributed by atoms with Crippen LogP contribution in [0, 0.1) is 12.7 Å². The maximum atomic E-state index is 12.7. The van der Waals surface area contributed by atoms with E-state index in [9.17, 15) is 14.3 Å². The molecule has 0 atom stereocenters. The van der Waals surface area contributed by atoms with Crippen molar-refractivity contribution in [2.24, 2.45) is 0 Å². The molecule has 0 aliphatic carbocycles. The molecule has 4 heteroatoms. The molecule has 0 saturated carbocycles. The van der Waals surface area contributed by atoms with Crippen molar-refractivity contribution in [3.05, 3.63) is 65.0 Å². The van der Waals surface area contributed by atoms with Gasteiger partial charge in [0.1, 0.15) is 23.7 Å². The number of carbonyl (C=O) groups excluding carboxylic acids is 1. The third-order valence-corrected chi connectivity index (χ3v) is 2.66. The zero-order valence-corrected chi connectivity index (χ0v) is 10.4. The number of hydrogen-bond acceptors (Lipinski definition) is 3. The first-order valence-corrected chi connectivity index (χ1v) is 5.77. The lowest BCUT2D eigenvalue weighted by atomic mass is 10.1. The van der Waals surface area contributed by atoms with Crippen LogP contribution in [0.1, 0.15) is 21.5 Å². The third-order valence-electron chi connectivity index (χ3n) is 2.66. The molecule has 0 unspecified atom stereocenters. The number of phenols is 1. The Morgan fingerprint density at radius 1 is 1.21 bits per heavy atom. The Morgan fingerprint density at radius 2 is 1.89 bits per heavy atom. The van der Waals surface area contributed by atoms with E-state index in [0.29, 0.717) is 5.56 Å². The summed E-state index contributed by atoms with van der Waals surface area (Å²) in [5, 5.41) is 9.59. The van der Waals surface area contributed by atoms with E-state index in [0.717, 1.165) is 5.56 Å². The molecule has 0 heterocycles. The quantitative estimate of drug-likeness (QED) is 0.862. The number of carbonyl (C=O) groups is 1. The van der Waals surface area contributed by atoms with Gasteiger partial charge in [0.2, 0.25) is 0 Å². The lowest BCUT2D eigenvalue weighted by Gasteiger charge is -2.07. The van der Waals surface area contributed by atoms with Crippen LogP contribution in [0.15, 0.2) is 42.5 Å². The molecule has 98 valence electrons. The molecule has 19 heavy (non-hydrogen) atoms. The van der Waals surface area contributed by atoms with Gasteiger partial charge in [0.15, 0.2) is 0 Å². The van der Waals surface area contributed by atoms with Crippen molar-refractivity contribution < 1.29 is 19.0 Å². The molecular weight excluding hydrogens is 247 g/mol. The van der Waals surface area contributed by atoms with Crippen LogP contribution < -0.4 is 0 Å². The molecule has 0 radical (unpaired) electrons. The fourth-order valence-corrected chi connectivity index (χ4v) is 1.62. The largest absolute Gasteiger partial charge is 0.507 e. The Bertz CT molecular complexity index is 591. The number of ether oxygens (including phenoxy) is 1. The van der Waals surface area contributed by atoms with E-state index in [1.165, 1.54) is 18.2 Å². The highest BCUT2D eigenvalue weighted by Crippen LogP contribution is 2.19. The van der Waals surface area contributed by atoms with Crippen LogP contribution in [-0.2, 0) is 11.3 Å². The molecular formula is C15H13FO3. The van der Waals surface area contributed by atoms with Gasteiger partial charge in [0, 0.05) is 0 Å². The summed E-state index contributed by atoms with van der Waals surface area (Å²) in [6.45, 7) is 1.85. The van der Waals surface area contributed by atoms with Gasteiger partial charge in [-0.25, -0.2) is 9.18 Å². The molecule has 0 aliphatic rings. The van der Waals surface area contributed by atoms with Gasteiger partial charge >= 0.3 is 5.97 Å². The lowest BCUT2D eigenvalue weighted by molar-refractivity contribution is 0.0469. The minimum Gasteiger partial charge on any atom is -0.507 e. The summed E-state index contributed by atoms with van der Waals surface area (Å²) in [4.78, 5) is 11.8. The standard InChI is InChI=1S/C15H13FO3/c1-10-2-7-14(17)13(8-10)15(18)19-9-11-3-5-12(16)6-4-11/h2-8,17H,9H2,1H3. The second-order valence-corrected chi connectivity index (χ2v) is 4.22. The molecule has 2 aromatic rings. The van der Waals surface area contributed by atoms with Crippen LogP contribution in [-0.4, -0.2) is 11.1 Å². The number of halogens is 1. The van der Waals surface area contributed by atoms with Crippen molar-refractivity contribution >= 4 is 5.97 Å². The molecule has 1 N–H and O–H groups in total. The van der Waals surface area contributed by atoms with Gasteiger partial charge < -0.3 is 9.84 Å². The van der Waals surface area contributed by atoms with Crippen LogP contribution in [0.2, 0.25) is 0 Å². The van der Waals surface area contributed by atoms with Crippen molar-refractivity contribution in [1.29, 1.82) is 0 Å². The molecule has 3 nitrogen and oxygen atoms in total. The number of aryl methyl sites for hydroxylation is 1. The molecule has 0 saturated heterocycles. The number of esters is 1. The Labute approximate surface area is 110 Å². The van der Waals surface area contributed by atoms with Crippen molar-refractivity contribution in [3.63, 3.8) is 0 Å². The fourth-order valence-electron chi connectivity index (χ4n) is 1.62. The maximum absolute atomic E-state index is 12.7. The first-order valence-electron chi connectivity index (χ1n) is 5.77. The highest BCUT2D eigenvalue weighted by molar-refractivity contribution is 5.92. The Kier molecular flexibility index (Phi) is 3.80. The van der Waals surface area contributed by atoms with Gasteiger partial charge in [-0.05, 0) is 36.8 Å². The number of aromatic hydroxyl groups is 1. The average Bonchev–Trinajstić information content (AvgIpc) is 2.40. The zero-order valence-electron chi connectivity index (χ0n) is 10.4. The predicted molar refractivity (Wildman–Crippen MR) is 68.4 cm³/mol. The van der Waals surface area contributed by atoms with Crippen LogP contribution in [0.4, 0.5) is 4.39 Å². The molecule has 0 aromatic heterocycles. The summed E-state index contributed by atoms with van der Waals surface area (Å²) in [6.07, 6.45) is 0. The van der Waals surface area contributed by atoms with Crippen LogP contribution in [0.25, 0.3) is 0 Å². The lowest BCUT2D eigenvalue weighted by Crippen LogP contribution is -2.06. The summed E-state index contributed by atoms with van der Waals surface area (Å²) in [6, 6.07) is 10.4. The van der Waals surface area contributed by atoms with E-state index in [2.05, 4.69) is 0 Å². The average molecular weight is 260 g/mol. The van der Waals surface area contributed by atoms with Gasteiger partial charge in [-0.15, -0.1) is 0 Å². The normalized spacial score (nSPS) is 10.2. The van der Waals surface area contributed by atoms with E-state index in [1.807, 2.05) is 6.92 Å². The van der Waals surface area contributed by atoms with Gasteiger partial charge in [-0.2, -0.15) is 0 Å². The van der Waals surface area contributed by atoms with Crippen LogP contribution in [0.3, 0.4) is 0 Å². The smallest absolute Gasteiger partial charge is 0.342 e. The van der Waals surface area contributed by atoms with Gasteiger partial charge in [0.05, 0.1) is 0 Å². The summed E-state index contributed by atoms with van der Waals surface area (Å²) in [5.41, 5.74) is 1.66. The molecule has 0 spiro atoms. The molecule has 0 aliphatic heterocycles. The number of benzene rings is 2. The monoisotopic (exact) mass is 260 g/mol. The summed E-state index contributed by atoms with van der Waals surface area (Å²) in [5.74, 6) is -1.06. The SMILES string of the molecule is Cc1ccc(O)c(C(=O)OCc2ccc(F)cc2)c1. The Morgan fingerprint density at radius 3 is 2.58 bits per heavy atom. The predicted octanol–water partition coefficient (Wildman–Crippen LogP) is 3.20. The minimum absolute atomic E-state index is 0.0342. The number of rotatable bonds is 3. The number of hydrogen-bond donors (Lipinski definition) is 1. The van der Waals surface area contributed by atoms with E-state index in [1.54, 1.807) is 24.3 Å². The molecule has 0 bridgehead atoms. The second kappa shape index (κ2) is 5.52. The highest BCUT2D eigenvalue weighted by atomic mass is 19.1. The molecule has 0 fully saturated rings. The van der Waals surface area contributed by atoms with Gasteiger partial charge in [-0.1, -0.05) is 23.8 Å². The van der Waals surface area contributed by atoms with E-state index in [-0.39, 0.29) is 23.7 Å². The second-order valence-electron chi connectivity index (χ2n) is 4.22. The topological polar surface area (TPSA) is 46.5 Å². The first kappa shape index (κ1) is 13.1.